The molecule has 0 atom stereocenters. The van der Waals surface area contributed by atoms with Crippen molar-refractivity contribution in [3.05, 3.63) is 11.9 Å². The lowest BCUT2D eigenvalue weighted by Crippen LogP contribution is -2.19. The van der Waals surface area contributed by atoms with E-state index < -0.39 is 0 Å². The molecule has 1 heteroatoms. The Balaban J connectivity index is 1.97. The molecule has 2 rings (SSSR count). The van der Waals surface area contributed by atoms with E-state index in [1.807, 2.05) is 0 Å². The summed E-state index contributed by atoms with van der Waals surface area (Å²) >= 11 is 0. The molecular weight excluding hydrogens is 223 g/mol. The molecule has 0 amide bonds. The van der Waals surface area contributed by atoms with Crippen molar-refractivity contribution in [3.8, 4) is 0 Å². The van der Waals surface area contributed by atoms with Crippen molar-refractivity contribution in [2.45, 2.75) is 88.9 Å². The molecule has 0 bridgehead atoms. The molecule has 0 aromatic heterocycles. The topological polar surface area (TPSA) is 0 Å². The van der Waals surface area contributed by atoms with Crippen molar-refractivity contribution in [1.29, 1.82) is 0 Å². The first-order chi connectivity index (χ1) is 8.42. The van der Waals surface area contributed by atoms with E-state index in [2.05, 4.69) is 18.8 Å². The summed E-state index contributed by atoms with van der Waals surface area (Å²) in [5, 5.41) is 0. The fourth-order valence-electron chi connectivity index (χ4n) is 3.53. The maximum Gasteiger partial charge on any atom is -0.0172 e. The minimum atomic E-state index is 0.217. The van der Waals surface area contributed by atoms with Crippen LogP contribution in [0.5, 0.6) is 0 Å². The highest BCUT2D eigenvalue weighted by Gasteiger charge is 2.28. The Hall–Kier alpha value is 0.170. The van der Waals surface area contributed by atoms with Crippen molar-refractivity contribution in [1.82, 2.24) is 0 Å². The molecule has 2 aliphatic carbocycles. The maximum absolute atomic E-state index is 2.67. The van der Waals surface area contributed by atoms with Gasteiger partial charge in [-0.25, -0.2) is 0 Å². The van der Waals surface area contributed by atoms with Crippen LogP contribution in [0.25, 0.3) is 0 Å². The fourth-order valence-corrected chi connectivity index (χ4v) is 6.99. The zero-order valence-electron chi connectivity index (χ0n) is 11.5. The molecule has 98 valence electrons. The Bertz CT molecular complexity index is 204. The highest BCUT2D eigenvalue weighted by molar-refractivity contribution is 7.62. The van der Waals surface area contributed by atoms with Gasteiger partial charge >= 0.3 is 0 Å². The molecule has 0 spiro atoms. The van der Waals surface area contributed by atoms with Crippen LogP contribution in [0.4, 0.5) is 0 Å². The molecule has 0 aromatic rings. The van der Waals surface area contributed by atoms with Gasteiger partial charge in [0.1, 0.15) is 0 Å². The minimum absolute atomic E-state index is 0.217. The first-order valence-corrected chi connectivity index (χ1v) is 9.41. The highest BCUT2D eigenvalue weighted by Crippen LogP contribution is 2.56. The Morgan fingerprint density at radius 3 is 1.71 bits per heavy atom. The molecule has 0 unspecified atom stereocenters. The lowest BCUT2D eigenvalue weighted by atomic mass is 9.99. The number of allylic oxidation sites excluding steroid dienone is 1. The second kappa shape index (κ2) is 7.57. The lowest BCUT2D eigenvalue weighted by Gasteiger charge is -2.36. The molecule has 17 heavy (non-hydrogen) atoms. The molecule has 0 nitrogen and oxygen atoms in total. The first kappa shape index (κ1) is 13.6. The normalized spacial score (nSPS) is 24.8. The van der Waals surface area contributed by atoms with Crippen LogP contribution >= 0.6 is 7.92 Å². The smallest absolute Gasteiger partial charge is 0.0172 e. The van der Waals surface area contributed by atoms with Gasteiger partial charge in [0.2, 0.25) is 0 Å². The van der Waals surface area contributed by atoms with Crippen LogP contribution in [0.3, 0.4) is 0 Å². The van der Waals surface area contributed by atoms with Crippen molar-refractivity contribution < 1.29 is 0 Å². The van der Waals surface area contributed by atoms with Crippen LogP contribution < -0.4 is 0 Å². The van der Waals surface area contributed by atoms with Gasteiger partial charge in [-0.15, -0.1) is 0 Å². The standard InChI is InChI=1S/C16H29P/c1-2-3-14-17(15-10-6-4-7-11-15)16-12-8-5-9-13-16/h3,14-16H,2,4-13H2,1H3/b14-3+. The summed E-state index contributed by atoms with van der Waals surface area (Å²) in [6, 6.07) is 0. The second-order valence-corrected chi connectivity index (χ2v) is 8.48. The highest BCUT2D eigenvalue weighted by atomic mass is 31.1. The summed E-state index contributed by atoms with van der Waals surface area (Å²) < 4.78 is 0. The quantitative estimate of drug-likeness (QED) is 0.534. The SMILES string of the molecule is CC/C=C/P(C1CCCCC1)C1CCCCC1. The van der Waals surface area contributed by atoms with Crippen LogP contribution in [0, 0.1) is 0 Å². The molecule has 0 N–H and O–H groups in total. The molecule has 0 aromatic carbocycles. The Labute approximate surface area is 109 Å². The van der Waals surface area contributed by atoms with E-state index in [0.29, 0.717) is 0 Å². The summed E-state index contributed by atoms with van der Waals surface area (Å²) in [7, 11) is 0.217. The van der Waals surface area contributed by atoms with Gasteiger partial charge in [0.05, 0.1) is 0 Å². The van der Waals surface area contributed by atoms with Gasteiger partial charge in [-0.3, -0.25) is 0 Å². The molecule has 2 aliphatic rings. The molecule has 2 fully saturated rings. The Morgan fingerprint density at radius 2 is 1.29 bits per heavy atom. The predicted molar refractivity (Wildman–Crippen MR) is 80.1 cm³/mol. The van der Waals surface area contributed by atoms with E-state index >= 15 is 0 Å². The number of hydrogen-bond donors (Lipinski definition) is 0. The third kappa shape index (κ3) is 4.09. The van der Waals surface area contributed by atoms with E-state index in [0.717, 1.165) is 11.3 Å². The van der Waals surface area contributed by atoms with Gasteiger partial charge in [0.15, 0.2) is 0 Å². The second-order valence-electron chi connectivity index (χ2n) is 5.82. The average Bonchev–Trinajstić information content (AvgIpc) is 2.42. The largest absolute Gasteiger partial charge is 0.0843 e. The number of rotatable bonds is 4. The van der Waals surface area contributed by atoms with Crippen molar-refractivity contribution >= 4 is 7.92 Å². The van der Waals surface area contributed by atoms with Gasteiger partial charge in [-0.2, -0.15) is 0 Å². The monoisotopic (exact) mass is 252 g/mol. The lowest BCUT2D eigenvalue weighted by molar-refractivity contribution is 0.486. The molecule has 2 saturated carbocycles. The van der Waals surface area contributed by atoms with E-state index in [9.17, 15) is 0 Å². The van der Waals surface area contributed by atoms with Crippen molar-refractivity contribution in [2.75, 3.05) is 0 Å². The summed E-state index contributed by atoms with van der Waals surface area (Å²) in [5.41, 5.74) is 2.18. The third-order valence-corrected chi connectivity index (χ3v) is 7.78. The summed E-state index contributed by atoms with van der Waals surface area (Å²) in [4.78, 5) is 0. The molecule has 0 heterocycles. The van der Waals surface area contributed by atoms with Crippen LogP contribution in [-0.4, -0.2) is 11.3 Å². The van der Waals surface area contributed by atoms with Crippen molar-refractivity contribution in [3.63, 3.8) is 0 Å². The number of hydrogen-bond acceptors (Lipinski definition) is 0. The van der Waals surface area contributed by atoms with Gasteiger partial charge in [0.25, 0.3) is 0 Å². The zero-order valence-corrected chi connectivity index (χ0v) is 12.4. The zero-order chi connectivity index (χ0) is 11.9. The van der Waals surface area contributed by atoms with Crippen LogP contribution in [-0.2, 0) is 0 Å². The van der Waals surface area contributed by atoms with Crippen molar-refractivity contribution in [2.24, 2.45) is 0 Å². The maximum atomic E-state index is 2.67. The molecule has 0 radical (unpaired) electrons. The Kier molecular flexibility index (Phi) is 6.06. The predicted octanol–water partition coefficient (Wildman–Crippen LogP) is 6.06. The Morgan fingerprint density at radius 1 is 0.824 bits per heavy atom. The molecule has 0 aliphatic heterocycles. The van der Waals surface area contributed by atoms with E-state index in [1.165, 1.54) is 70.6 Å². The summed E-state index contributed by atoms with van der Waals surface area (Å²) in [6.07, 6.45) is 18.9. The van der Waals surface area contributed by atoms with Gasteiger partial charge in [0, 0.05) is 0 Å². The van der Waals surface area contributed by atoms with E-state index in [4.69, 9.17) is 0 Å². The summed E-state index contributed by atoms with van der Waals surface area (Å²) in [6.45, 7) is 2.28. The third-order valence-electron chi connectivity index (χ3n) is 4.51. The van der Waals surface area contributed by atoms with Gasteiger partial charge < -0.3 is 0 Å². The average molecular weight is 252 g/mol. The van der Waals surface area contributed by atoms with Gasteiger partial charge in [-0.05, 0) is 43.4 Å². The molecule has 0 saturated heterocycles. The fraction of sp³-hybridized carbons (Fsp3) is 0.875. The van der Waals surface area contributed by atoms with Crippen LogP contribution in [0.1, 0.15) is 77.6 Å². The van der Waals surface area contributed by atoms with E-state index in [-0.39, 0.29) is 7.92 Å². The molecular formula is C16H29P. The minimum Gasteiger partial charge on any atom is -0.0843 e. The van der Waals surface area contributed by atoms with Crippen LogP contribution in [0.2, 0.25) is 0 Å². The van der Waals surface area contributed by atoms with Crippen LogP contribution in [0.15, 0.2) is 11.9 Å². The van der Waals surface area contributed by atoms with E-state index in [1.54, 1.807) is 0 Å². The first-order valence-electron chi connectivity index (χ1n) is 7.86. The summed E-state index contributed by atoms with van der Waals surface area (Å²) in [5.74, 6) is 2.67. The van der Waals surface area contributed by atoms with Gasteiger partial charge in [-0.1, -0.05) is 65.3 Å².